The molecule has 21 heavy (non-hydrogen) atoms. The summed E-state index contributed by atoms with van der Waals surface area (Å²) in [6, 6.07) is 11.2. The van der Waals surface area contributed by atoms with Gasteiger partial charge in [0.1, 0.15) is 11.6 Å². The van der Waals surface area contributed by atoms with Crippen LogP contribution >= 0.6 is 0 Å². The number of benzene rings is 2. The molecule has 0 radical (unpaired) electrons. The summed E-state index contributed by atoms with van der Waals surface area (Å²) in [7, 11) is 0. The first-order chi connectivity index (χ1) is 9.99. The molecule has 0 fully saturated rings. The van der Waals surface area contributed by atoms with Gasteiger partial charge in [-0.15, -0.1) is 0 Å². The second kappa shape index (κ2) is 6.47. The number of hydrogen-bond acceptors (Lipinski definition) is 2. The zero-order valence-electron chi connectivity index (χ0n) is 12.0. The second-order valence-corrected chi connectivity index (χ2v) is 5.07. The minimum atomic E-state index is -0.431. The summed E-state index contributed by atoms with van der Waals surface area (Å²) in [5.41, 5.74) is 2.41. The summed E-state index contributed by atoms with van der Waals surface area (Å²) in [5, 5.41) is 12.0. The molecule has 0 aromatic heterocycles. The van der Waals surface area contributed by atoms with Crippen molar-refractivity contribution in [1.82, 2.24) is 5.32 Å². The van der Waals surface area contributed by atoms with Gasteiger partial charge in [0.2, 0.25) is 0 Å². The number of nitriles is 1. The van der Waals surface area contributed by atoms with E-state index in [9.17, 15) is 8.78 Å². The lowest BCUT2D eigenvalue weighted by Gasteiger charge is -2.15. The van der Waals surface area contributed by atoms with Crippen LogP contribution < -0.4 is 5.32 Å². The van der Waals surface area contributed by atoms with Gasteiger partial charge in [0.05, 0.1) is 11.6 Å². The SMILES string of the molecule is Cc1ccc(C(C)NCc2cc(F)cc(C#N)c2)cc1F. The Balaban J connectivity index is 2.07. The van der Waals surface area contributed by atoms with Crippen LogP contribution in [-0.4, -0.2) is 0 Å². The minimum Gasteiger partial charge on any atom is -0.306 e. The maximum absolute atomic E-state index is 13.5. The van der Waals surface area contributed by atoms with Gasteiger partial charge in [-0.05, 0) is 54.8 Å². The molecule has 2 aromatic carbocycles. The lowest BCUT2D eigenvalue weighted by atomic mass is 10.1. The van der Waals surface area contributed by atoms with Gasteiger partial charge in [0.15, 0.2) is 0 Å². The van der Waals surface area contributed by atoms with E-state index in [0.29, 0.717) is 23.2 Å². The third-order valence-corrected chi connectivity index (χ3v) is 3.39. The molecule has 0 aliphatic rings. The van der Waals surface area contributed by atoms with Crippen molar-refractivity contribution in [1.29, 1.82) is 5.26 Å². The fraction of sp³-hybridized carbons (Fsp3) is 0.235. The van der Waals surface area contributed by atoms with Crippen LogP contribution in [0.25, 0.3) is 0 Å². The van der Waals surface area contributed by atoms with Gasteiger partial charge in [-0.2, -0.15) is 5.26 Å². The molecule has 1 N–H and O–H groups in total. The van der Waals surface area contributed by atoms with Crippen LogP contribution in [0.4, 0.5) is 8.78 Å². The molecule has 1 atom stereocenters. The normalized spacial score (nSPS) is 12.0. The van der Waals surface area contributed by atoms with E-state index in [1.54, 1.807) is 19.1 Å². The highest BCUT2D eigenvalue weighted by atomic mass is 19.1. The zero-order valence-corrected chi connectivity index (χ0v) is 12.0. The lowest BCUT2D eigenvalue weighted by molar-refractivity contribution is 0.559. The fourth-order valence-electron chi connectivity index (χ4n) is 2.08. The quantitative estimate of drug-likeness (QED) is 0.922. The van der Waals surface area contributed by atoms with Crippen LogP contribution in [0.2, 0.25) is 0 Å². The predicted molar refractivity (Wildman–Crippen MR) is 77.5 cm³/mol. The van der Waals surface area contributed by atoms with E-state index in [-0.39, 0.29) is 11.9 Å². The molecule has 2 rings (SSSR count). The summed E-state index contributed by atoms with van der Waals surface area (Å²) >= 11 is 0. The number of hydrogen-bond donors (Lipinski definition) is 1. The lowest BCUT2D eigenvalue weighted by Crippen LogP contribution is -2.18. The van der Waals surface area contributed by atoms with Gasteiger partial charge in [-0.3, -0.25) is 0 Å². The van der Waals surface area contributed by atoms with Crippen LogP contribution in [-0.2, 0) is 6.54 Å². The van der Waals surface area contributed by atoms with Gasteiger partial charge in [0, 0.05) is 12.6 Å². The highest BCUT2D eigenvalue weighted by Crippen LogP contribution is 2.17. The van der Waals surface area contributed by atoms with E-state index in [0.717, 1.165) is 5.56 Å². The van der Waals surface area contributed by atoms with E-state index in [1.807, 2.05) is 19.1 Å². The number of aryl methyl sites for hydroxylation is 1. The highest BCUT2D eigenvalue weighted by Gasteiger charge is 2.08. The fourth-order valence-corrected chi connectivity index (χ4v) is 2.08. The molecular weight excluding hydrogens is 270 g/mol. The Kier molecular flexibility index (Phi) is 4.66. The molecule has 0 aliphatic carbocycles. The molecule has 0 saturated carbocycles. The van der Waals surface area contributed by atoms with Crippen LogP contribution in [0.5, 0.6) is 0 Å². The molecule has 0 aliphatic heterocycles. The second-order valence-electron chi connectivity index (χ2n) is 5.07. The largest absolute Gasteiger partial charge is 0.306 e. The molecular formula is C17H16F2N2. The van der Waals surface area contributed by atoms with Crippen molar-refractivity contribution < 1.29 is 8.78 Å². The van der Waals surface area contributed by atoms with Crippen LogP contribution in [0.15, 0.2) is 36.4 Å². The van der Waals surface area contributed by atoms with Crippen LogP contribution in [0, 0.1) is 29.9 Å². The van der Waals surface area contributed by atoms with E-state index in [4.69, 9.17) is 5.26 Å². The Morgan fingerprint density at radius 3 is 2.62 bits per heavy atom. The topological polar surface area (TPSA) is 35.8 Å². The van der Waals surface area contributed by atoms with E-state index in [1.165, 1.54) is 18.2 Å². The number of rotatable bonds is 4. The molecule has 0 heterocycles. The van der Waals surface area contributed by atoms with E-state index >= 15 is 0 Å². The van der Waals surface area contributed by atoms with Gasteiger partial charge < -0.3 is 5.32 Å². The summed E-state index contributed by atoms with van der Waals surface area (Å²) in [6.07, 6.45) is 0. The van der Waals surface area contributed by atoms with Gasteiger partial charge in [-0.1, -0.05) is 12.1 Å². The van der Waals surface area contributed by atoms with Gasteiger partial charge >= 0.3 is 0 Å². The maximum atomic E-state index is 13.5. The third-order valence-electron chi connectivity index (χ3n) is 3.39. The summed E-state index contributed by atoms with van der Waals surface area (Å²) in [4.78, 5) is 0. The zero-order chi connectivity index (χ0) is 15.4. The minimum absolute atomic E-state index is 0.0751. The first-order valence-corrected chi connectivity index (χ1v) is 6.68. The maximum Gasteiger partial charge on any atom is 0.126 e. The van der Waals surface area contributed by atoms with E-state index in [2.05, 4.69) is 5.32 Å². The number of halogens is 2. The van der Waals surface area contributed by atoms with Crippen molar-refractivity contribution in [3.05, 3.63) is 70.3 Å². The molecule has 0 bridgehead atoms. The van der Waals surface area contributed by atoms with Gasteiger partial charge in [0.25, 0.3) is 0 Å². The molecule has 0 saturated heterocycles. The van der Waals surface area contributed by atoms with Crippen molar-refractivity contribution >= 4 is 0 Å². The van der Waals surface area contributed by atoms with Crippen molar-refractivity contribution in [3.8, 4) is 6.07 Å². The predicted octanol–water partition coefficient (Wildman–Crippen LogP) is 4.00. The molecule has 0 amide bonds. The van der Waals surface area contributed by atoms with Gasteiger partial charge in [-0.25, -0.2) is 8.78 Å². The summed E-state index contributed by atoms with van der Waals surface area (Å²) in [6.45, 7) is 4.03. The molecule has 0 spiro atoms. The highest BCUT2D eigenvalue weighted by molar-refractivity contribution is 5.33. The molecule has 4 heteroatoms. The molecule has 1 unspecified atom stereocenters. The van der Waals surface area contributed by atoms with Crippen LogP contribution in [0.3, 0.4) is 0 Å². The molecule has 2 nitrogen and oxygen atoms in total. The number of nitrogens with zero attached hydrogens (tertiary/aromatic N) is 1. The monoisotopic (exact) mass is 286 g/mol. The Labute approximate surface area is 123 Å². The molecule has 108 valence electrons. The van der Waals surface area contributed by atoms with Crippen molar-refractivity contribution in [2.45, 2.75) is 26.4 Å². The van der Waals surface area contributed by atoms with E-state index < -0.39 is 5.82 Å². The third kappa shape index (κ3) is 3.87. The Hall–Kier alpha value is -2.25. The number of nitrogens with one attached hydrogen (secondary N) is 1. The average Bonchev–Trinajstić information content (AvgIpc) is 2.47. The Morgan fingerprint density at radius 2 is 1.95 bits per heavy atom. The van der Waals surface area contributed by atoms with Crippen molar-refractivity contribution in [3.63, 3.8) is 0 Å². The summed E-state index contributed by atoms with van der Waals surface area (Å²) < 4.78 is 26.9. The Morgan fingerprint density at radius 1 is 1.19 bits per heavy atom. The smallest absolute Gasteiger partial charge is 0.126 e. The standard InChI is InChI=1S/C17H16F2N2/c1-11-3-4-15(8-17(11)19)12(2)21-10-14-5-13(9-20)6-16(18)7-14/h3-8,12,21H,10H2,1-2H3. The van der Waals surface area contributed by atoms with Crippen molar-refractivity contribution in [2.24, 2.45) is 0 Å². The van der Waals surface area contributed by atoms with Crippen molar-refractivity contribution in [2.75, 3.05) is 0 Å². The summed E-state index contributed by atoms with van der Waals surface area (Å²) in [5.74, 6) is -0.668. The molecule has 2 aromatic rings. The Bertz CT molecular complexity index is 690. The first-order valence-electron chi connectivity index (χ1n) is 6.68. The first kappa shape index (κ1) is 15.1. The van der Waals surface area contributed by atoms with Crippen LogP contribution in [0.1, 0.15) is 35.2 Å². The average molecular weight is 286 g/mol.